The van der Waals surface area contributed by atoms with Crippen LogP contribution in [-0.2, 0) is 25.9 Å². The Morgan fingerprint density at radius 2 is 1.54 bits per heavy atom. The zero-order valence-electron chi connectivity index (χ0n) is 25.5. The van der Waals surface area contributed by atoms with Crippen LogP contribution in [0.3, 0.4) is 0 Å². The molecule has 41 heavy (non-hydrogen) atoms. The zero-order chi connectivity index (χ0) is 30.4. The second-order valence-corrected chi connectivity index (χ2v) is 14.0. The molecule has 1 amide bonds. The Labute approximate surface area is 241 Å². The minimum absolute atomic E-state index is 0.0347. The molecule has 4 rings (SSSR count). The molecule has 0 unspecified atom stereocenters. The Hall–Kier alpha value is -2.52. The summed E-state index contributed by atoms with van der Waals surface area (Å²) in [4.78, 5) is 12.8. The van der Waals surface area contributed by atoms with Gasteiger partial charge in [-0.2, -0.15) is 13.2 Å². The van der Waals surface area contributed by atoms with E-state index in [-0.39, 0.29) is 35.9 Å². The number of benzene rings is 2. The summed E-state index contributed by atoms with van der Waals surface area (Å²) in [6.07, 6.45) is -2.23. The van der Waals surface area contributed by atoms with Gasteiger partial charge in [-0.05, 0) is 100 Å². The second-order valence-electron chi connectivity index (χ2n) is 14.0. The first-order valence-electron chi connectivity index (χ1n) is 14.4. The molecule has 9 heteroatoms. The molecule has 1 saturated carbocycles. The summed E-state index contributed by atoms with van der Waals surface area (Å²) in [5, 5.41) is 3.28. The summed E-state index contributed by atoms with van der Waals surface area (Å²) >= 11 is 0. The number of ether oxygens (including phenoxy) is 4. The van der Waals surface area contributed by atoms with E-state index in [9.17, 15) is 18.0 Å². The maximum Gasteiger partial charge on any atom is 0.420 e. The van der Waals surface area contributed by atoms with Gasteiger partial charge in [-0.1, -0.05) is 39.0 Å². The van der Waals surface area contributed by atoms with Crippen LogP contribution in [0.15, 0.2) is 30.3 Å². The molecular weight excluding hydrogens is 535 g/mol. The van der Waals surface area contributed by atoms with E-state index in [0.29, 0.717) is 16.9 Å². The first-order valence-corrected chi connectivity index (χ1v) is 14.4. The maximum absolute atomic E-state index is 14.5. The van der Waals surface area contributed by atoms with Gasteiger partial charge in [0.15, 0.2) is 5.79 Å². The van der Waals surface area contributed by atoms with Gasteiger partial charge in [0.1, 0.15) is 22.5 Å². The average molecular weight is 580 g/mol. The number of hydrogen-bond acceptors (Lipinski definition) is 5. The predicted octanol–water partition coefficient (Wildman–Crippen LogP) is 8.35. The lowest BCUT2D eigenvalue weighted by Gasteiger charge is -2.44. The number of alkyl carbamates (subject to hydrolysis) is 1. The van der Waals surface area contributed by atoms with Crippen LogP contribution in [0.2, 0.25) is 0 Å². The van der Waals surface area contributed by atoms with Crippen molar-refractivity contribution < 1.29 is 36.9 Å². The third-order valence-corrected chi connectivity index (χ3v) is 8.08. The third kappa shape index (κ3) is 7.47. The number of halogens is 3. The van der Waals surface area contributed by atoms with Crippen LogP contribution in [-0.4, -0.2) is 36.8 Å². The Morgan fingerprint density at radius 3 is 2.07 bits per heavy atom. The van der Waals surface area contributed by atoms with Gasteiger partial charge in [-0.25, -0.2) is 4.79 Å². The van der Waals surface area contributed by atoms with Gasteiger partial charge in [0.25, 0.3) is 0 Å². The normalized spacial score (nSPS) is 23.2. The van der Waals surface area contributed by atoms with Crippen LogP contribution in [0.5, 0.6) is 5.75 Å². The topological polar surface area (TPSA) is 66.0 Å². The van der Waals surface area contributed by atoms with E-state index < -0.39 is 34.8 Å². The molecule has 1 aliphatic heterocycles. The monoisotopic (exact) mass is 579 g/mol. The maximum atomic E-state index is 14.5. The van der Waals surface area contributed by atoms with Crippen LogP contribution >= 0.6 is 0 Å². The Kier molecular flexibility index (Phi) is 8.39. The fraction of sp³-hybridized carbons (Fsp3) is 0.656. The van der Waals surface area contributed by atoms with Crippen LogP contribution in [0.1, 0.15) is 92.2 Å². The van der Waals surface area contributed by atoms with Gasteiger partial charge >= 0.3 is 12.3 Å². The molecule has 1 heterocycles. The number of nitrogens with one attached hydrogen (secondary N) is 1. The molecule has 0 bridgehead atoms. The molecule has 2 aromatic rings. The van der Waals surface area contributed by atoms with Crippen molar-refractivity contribution in [1.29, 1.82) is 0 Å². The number of rotatable bonds is 4. The summed E-state index contributed by atoms with van der Waals surface area (Å²) < 4.78 is 66.8. The van der Waals surface area contributed by atoms with Crippen LogP contribution in [0.4, 0.5) is 18.0 Å². The van der Waals surface area contributed by atoms with Crippen molar-refractivity contribution in [2.75, 3.05) is 13.2 Å². The molecule has 6 nitrogen and oxygen atoms in total. The minimum atomic E-state index is -4.62. The molecule has 2 aromatic carbocycles. The number of carbonyl (C=O) groups excluding carboxylic acids is 1. The molecule has 1 N–H and O–H groups in total. The number of alkyl halides is 3. The first kappa shape index (κ1) is 31.4. The molecule has 1 aliphatic carbocycles. The van der Waals surface area contributed by atoms with Crippen LogP contribution in [0, 0.1) is 11.3 Å². The average Bonchev–Trinajstić information content (AvgIpc) is 2.83. The number of fused-ring (bicyclic) bond motifs is 1. The zero-order valence-corrected chi connectivity index (χ0v) is 25.5. The lowest BCUT2D eigenvalue weighted by Crippen LogP contribution is -2.59. The summed E-state index contributed by atoms with van der Waals surface area (Å²) in [5.41, 5.74) is -1.97. The third-order valence-electron chi connectivity index (χ3n) is 8.08. The van der Waals surface area contributed by atoms with Crippen molar-refractivity contribution >= 4 is 16.9 Å². The SMILES string of the molecule is CC(C)(C)OC(=O)NC1(c2ccc3c(C(F)(F)F)c(O[C@H]4CC[C@H](C(C)(C)C)CC4)ccc3c2)COC(C)(C)OC1. The predicted molar refractivity (Wildman–Crippen MR) is 152 cm³/mol. The van der Waals surface area contributed by atoms with E-state index in [0.717, 1.165) is 25.7 Å². The van der Waals surface area contributed by atoms with E-state index >= 15 is 0 Å². The van der Waals surface area contributed by atoms with Crippen molar-refractivity contribution in [2.24, 2.45) is 11.3 Å². The van der Waals surface area contributed by atoms with E-state index in [2.05, 4.69) is 26.1 Å². The fourth-order valence-corrected chi connectivity index (χ4v) is 5.71. The van der Waals surface area contributed by atoms with Gasteiger partial charge in [0, 0.05) is 0 Å². The lowest BCUT2D eigenvalue weighted by atomic mass is 9.72. The molecule has 1 saturated heterocycles. The van der Waals surface area contributed by atoms with Gasteiger partial charge in [0.2, 0.25) is 0 Å². The molecule has 2 fully saturated rings. The standard InChI is InChI=1S/C32H44F3NO5/c1-28(2,3)21-10-13-23(14-11-21)40-25-16-9-20-17-22(12-15-24(20)26(25)32(33,34)35)31(18-38-30(7,8)39-19-31)36-27(37)41-29(4,5)6/h9,12,15-17,21,23H,10-11,13-14,18-19H2,1-8H3,(H,36,37)/t21-,23-. The van der Waals surface area contributed by atoms with E-state index in [1.165, 1.54) is 12.1 Å². The quantitative estimate of drug-likeness (QED) is 0.394. The number of hydrogen-bond donors (Lipinski definition) is 1. The second kappa shape index (κ2) is 11.0. The van der Waals surface area contributed by atoms with E-state index in [4.69, 9.17) is 18.9 Å². The fourth-order valence-electron chi connectivity index (χ4n) is 5.71. The highest BCUT2D eigenvalue weighted by Crippen LogP contribution is 2.45. The molecule has 0 radical (unpaired) electrons. The highest BCUT2D eigenvalue weighted by atomic mass is 19.4. The van der Waals surface area contributed by atoms with E-state index in [1.54, 1.807) is 52.8 Å². The molecule has 228 valence electrons. The van der Waals surface area contributed by atoms with E-state index in [1.807, 2.05) is 0 Å². The van der Waals surface area contributed by atoms with Crippen LogP contribution in [0.25, 0.3) is 10.8 Å². The van der Waals surface area contributed by atoms with Crippen molar-refractivity contribution in [3.63, 3.8) is 0 Å². The number of carbonyl (C=O) groups is 1. The summed E-state index contributed by atoms with van der Waals surface area (Å²) in [5.74, 6) is -0.499. The van der Waals surface area contributed by atoms with Gasteiger partial charge in [-0.15, -0.1) is 0 Å². The summed E-state index contributed by atoms with van der Waals surface area (Å²) in [6.45, 7) is 15.5. The molecule has 0 spiro atoms. The van der Waals surface area contributed by atoms with Crippen LogP contribution < -0.4 is 10.1 Å². The summed E-state index contributed by atoms with van der Waals surface area (Å²) in [7, 11) is 0. The molecule has 0 aromatic heterocycles. The Morgan fingerprint density at radius 1 is 0.927 bits per heavy atom. The Bertz CT molecular complexity index is 1240. The van der Waals surface area contributed by atoms with Crippen molar-refractivity contribution in [1.82, 2.24) is 5.32 Å². The van der Waals surface area contributed by atoms with Crippen molar-refractivity contribution in [3.8, 4) is 5.75 Å². The largest absolute Gasteiger partial charge is 0.490 e. The first-order chi connectivity index (χ1) is 18.8. The lowest BCUT2D eigenvalue weighted by molar-refractivity contribution is -0.272. The van der Waals surface area contributed by atoms with Gasteiger partial charge < -0.3 is 24.3 Å². The molecular formula is C32H44F3NO5. The summed E-state index contributed by atoms with van der Waals surface area (Å²) in [6, 6.07) is 7.72. The smallest absolute Gasteiger partial charge is 0.420 e. The number of amides is 1. The van der Waals surface area contributed by atoms with Crippen molar-refractivity contribution in [3.05, 3.63) is 41.5 Å². The highest BCUT2D eigenvalue weighted by molar-refractivity contribution is 5.89. The highest BCUT2D eigenvalue weighted by Gasteiger charge is 2.44. The molecule has 0 atom stereocenters. The Balaban J connectivity index is 1.67. The van der Waals surface area contributed by atoms with Gasteiger partial charge in [0.05, 0.1) is 19.3 Å². The minimum Gasteiger partial charge on any atom is -0.490 e. The van der Waals surface area contributed by atoms with Crippen molar-refractivity contribution in [2.45, 2.75) is 110 Å². The van der Waals surface area contributed by atoms with Gasteiger partial charge in [-0.3, -0.25) is 0 Å². The molecule has 2 aliphatic rings.